The number of aliphatic hydroxyl groups is 1. The SMILES string of the molecule is O=C(O)c1cccc(-c2n[nH]c3c2CC(O)CC3)c1. The first-order valence-corrected chi connectivity index (χ1v) is 6.23. The molecule has 0 amide bonds. The largest absolute Gasteiger partial charge is 0.478 e. The van der Waals surface area contributed by atoms with E-state index in [-0.39, 0.29) is 11.7 Å². The lowest BCUT2D eigenvalue weighted by Crippen LogP contribution is -2.18. The second-order valence-corrected chi connectivity index (χ2v) is 4.81. The van der Waals surface area contributed by atoms with Gasteiger partial charge in [0.1, 0.15) is 0 Å². The van der Waals surface area contributed by atoms with Gasteiger partial charge < -0.3 is 10.2 Å². The van der Waals surface area contributed by atoms with Crippen LogP contribution >= 0.6 is 0 Å². The molecular formula is C14H14N2O3. The van der Waals surface area contributed by atoms with Gasteiger partial charge in [-0.1, -0.05) is 12.1 Å². The Balaban J connectivity index is 2.05. The van der Waals surface area contributed by atoms with Crippen molar-refractivity contribution < 1.29 is 15.0 Å². The van der Waals surface area contributed by atoms with Crippen LogP contribution in [0.3, 0.4) is 0 Å². The minimum absolute atomic E-state index is 0.241. The lowest BCUT2D eigenvalue weighted by Gasteiger charge is -2.17. The topological polar surface area (TPSA) is 86.2 Å². The first-order chi connectivity index (χ1) is 9.15. The van der Waals surface area contributed by atoms with Crippen molar-refractivity contribution in [2.24, 2.45) is 0 Å². The number of aromatic amines is 1. The third-order valence-corrected chi connectivity index (χ3v) is 3.50. The molecule has 5 heteroatoms. The van der Waals surface area contributed by atoms with Gasteiger partial charge in [-0.3, -0.25) is 5.10 Å². The third kappa shape index (κ3) is 2.13. The molecule has 2 aromatic rings. The molecule has 0 saturated carbocycles. The first-order valence-electron chi connectivity index (χ1n) is 6.23. The number of fused-ring (bicyclic) bond motifs is 1. The maximum atomic E-state index is 11.0. The molecule has 0 bridgehead atoms. The van der Waals surface area contributed by atoms with E-state index in [1.807, 2.05) is 6.07 Å². The molecule has 3 N–H and O–H groups in total. The summed E-state index contributed by atoms with van der Waals surface area (Å²) in [6, 6.07) is 6.71. The molecule has 0 aliphatic heterocycles. The van der Waals surface area contributed by atoms with Gasteiger partial charge in [0.05, 0.1) is 17.4 Å². The number of hydrogen-bond acceptors (Lipinski definition) is 3. The van der Waals surface area contributed by atoms with Crippen molar-refractivity contribution in [1.29, 1.82) is 0 Å². The molecule has 3 rings (SSSR count). The molecule has 0 fully saturated rings. The summed E-state index contributed by atoms with van der Waals surface area (Å²) in [4.78, 5) is 11.0. The molecule has 1 heterocycles. The summed E-state index contributed by atoms with van der Waals surface area (Å²) >= 11 is 0. The summed E-state index contributed by atoms with van der Waals surface area (Å²) in [7, 11) is 0. The molecule has 98 valence electrons. The van der Waals surface area contributed by atoms with Gasteiger partial charge >= 0.3 is 5.97 Å². The summed E-state index contributed by atoms with van der Waals surface area (Å²) in [5.74, 6) is -0.953. The standard InChI is InChI=1S/C14H14N2O3/c17-10-4-5-12-11(7-10)13(16-15-12)8-2-1-3-9(6-8)14(18)19/h1-3,6,10,17H,4-5,7H2,(H,15,16)(H,18,19). The van der Waals surface area contributed by atoms with Gasteiger partial charge in [-0.2, -0.15) is 5.10 Å². The van der Waals surface area contributed by atoms with Crippen LogP contribution in [0, 0.1) is 0 Å². The van der Waals surface area contributed by atoms with Crippen LogP contribution in [0.1, 0.15) is 28.0 Å². The van der Waals surface area contributed by atoms with Gasteiger partial charge in [0.25, 0.3) is 0 Å². The predicted molar refractivity (Wildman–Crippen MR) is 69.0 cm³/mol. The molecule has 1 aliphatic rings. The minimum atomic E-state index is -0.953. The molecule has 1 aliphatic carbocycles. The van der Waals surface area contributed by atoms with E-state index in [4.69, 9.17) is 5.11 Å². The van der Waals surface area contributed by atoms with Gasteiger partial charge in [-0.05, 0) is 25.0 Å². The molecule has 19 heavy (non-hydrogen) atoms. The fourth-order valence-corrected chi connectivity index (χ4v) is 2.51. The summed E-state index contributed by atoms with van der Waals surface area (Å²) in [6.45, 7) is 0. The highest BCUT2D eigenvalue weighted by Gasteiger charge is 2.23. The van der Waals surface area contributed by atoms with Crippen LogP contribution in [0.5, 0.6) is 0 Å². The molecule has 0 radical (unpaired) electrons. The molecule has 1 aromatic carbocycles. The molecular weight excluding hydrogens is 244 g/mol. The van der Waals surface area contributed by atoms with E-state index in [1.165, 1.54) is 0 Å². The minimum Gasteiger partial charge on any atom is -0.478 e. The van der Waals surface area contributed by atoms with Crippen LogP contribution in [0.25, 0.3) is 11.3 Å². The normalized spacial score (nSPS) is 18.1. The summed E-state index contributed by atoms with van der Waals surface area (Å²) in [5.41, 5.74) is 3.80. The van der Waals surface area contributed by atoms with Crippen LogP contribution < -0.4 is 0 Å². The summed E-state index contributed by atoms with van der Waals surface area (Å²) in [6.07, 6.45) is 1.75. The van der Waals surface area contributed by atoms with Crippen molar-refractivity contribution in [3.8, 4) is 11.3 Å². The lowest BCUT2D eigenvalue weighted by molar-refractivity contribution is 0.0697. The maximum absolute atomic E-state index is 11.0. The molecule has 1 unspecified atom stereocenters. The zero-order chi connectivity index (χ0) is 13.4. The van der Waals surface area contributed by atoms with Crippen LogP contribution in [0.2, 0.25) is 0 Å². The van der Waals surface area contributed by atoms with Crippen molar-refractivity contribution in [2.45, 2.75) is 25.4 Å². The van der Waals surface area contributed by atoms with Gasteiger partial charge in [-0.25, -0.2) is 4.79 Å². The van der Waals surface area contributed by atoms with Crippen LogP contribution in [-0.2, 0) is 12.8 Å². The Morgan fingerprint density at radius 2 is 2.26 bits per heavy atom. The Labute approximate surface area is 109 Å². The number of aromatic nitrogens is 2. The lowest BCUT2D eigenvalue weighted by atomic mass is 9.91. The highest BCUT2D eigenvalue weighted by atomic mass is 16.4. The first kappa shape index (κ1) is 11.9. The van der Waals surface area contributed by atoms with Crippen molar-refractivity contribution in [3.63, 3.8) is 0 Å². The van der Waals surface area contributed by atoms with E-state index in [1.54, 1.807) is 18.2 Å². The molecule has 1 atom stereocenters. The zero-order valence-electron chi connectivity index (χ0n) is 10.3. The van der Waals surface area contributed by atoms with Crippen molar-refractivity contribution in [2.75, 3.05) is 0 Å². The van der Waals surface area contributed by atoms with Crippen molar-refractivity contribution in [3.05, 3.63) is 41.1 Å². The Bertz CT molecular complexity index is 633. The average molecular weight is 258 g/mol. The second-order valence-electron chi connectivity index (χ2n) is 4.81. The Morgan fingerprint density at radius 3 is 3.05 bits per heavy atom. The Morgan fingerprint density at radius 1 is 1.42 bits per heavy atom. The number of benzene rings is 1. The molecule has 0 spiro atoms. The smallest absolute Gasteiger partial charge is 0.335 e. The average Bonchev–Trinajstić information content (AvgIpc) is 2.81. The number of carboxylic acids is 1. The number of nitrogens with one attached hydrogen (secondary N) is 1. The third-order valence-electron chi connectivity index (χ3n) is 3.50. The second kappa shape index (κ2) is 4.51. The predicted octanol–water partition coefficient (Wildman–Crippen LogP) is 1.62. The van der Waals surface area contributed by atoms with E-state index in [0.29, 0.717) is 6.42 Å². The molecule has 5 nitrogen and oxygen atoms in total. The highest BCUT2D eigenvalue weighted by Crippen LogP contribution is 2.30. The number of hydrogen-bond donors (Lipinski definition) is 3. The Hall–Kier alpha value is -2.14. The number of H-pyrrole nitrogens is 1. The van der Waals surface area contributed by atoms with Gasteiger partial charge in [0.2, 0.25) is 0 Å². The molecule has 1 aromatic heterocycles. The number of aromatic carboxylic acids is 1. The van der Waals surface area contributed by atoms with Crippen molar-refractivity contribution >= 4 is 5.97 Å². The van der Waals surface area contributed by atoms with Gasteiger partial charge in [0.15, 0.2) is 0 Å². The van der Waals surface area contributed by atoms with Crippen LogP contribution in [0.15, 0.2) is 24.3 Å². The number of carbonyl (C=O) groups is 1. The van der Waals surface area contributed by atoms with E-state index in [9.17, 15) is 9.90 Å². The number of rotatable bonds is 2. The number of aryl methyl sites for hydroxylation is 1. The quantitative estimate of drug-likeness (QED) is 0.764. The number of nitrogens with zero attached hydrogens (tertiary/aromatic N) is 1. The number of aliphatic hydroxyl groups excluding tert-OH is 1. The number of carboxylic acid groups (broad SMARTS) is 1. The fourth-order valence-electron chi connectivity index (χ4n) is 2.51. The van der Waals surface area contributed by atoms with Gasteiger partial charge in [0, 0.05) is 23.2 Å². The van der Waals surface area contributed by atoms with E-state index in [0.717, 1.165) is 35.4 Å². The molecule has 0 saturated heterocycles. The van der Waals surface area contributed by atoms with Crippen LogP contribution in [-0.4, -0.2) is 32.5 Å². The highest BCUT2D eigenvalue weighted by molar-refractivity contribution is 5.89. The van der Waals surface area contributed by atoms with Gasteiger partial charge in [-0.15, -0.1) is 0 Å². The van der Waals surface area contributed by atoms with Crippen molar-refractivity contribution in [1.82, 2.24) is 10.2 Å². The summed E-state index contributed by atoms with van der Waals surface area (Å²) in [5, 5.41) is 26.0. The fraction of sp³-hybridized carbons (Fsp3) is 0.286. The van der Waals surface area contributed by atoms with Crippen LogP contribution in [0.4, 0.5) is 0 Å². The Kier molecular flexibility index (Phi) is 2.83. The summed E-state index contributed by atoms with van der Waals surface area (Å²) < 4.78 is 0. The van der Waals surface area contributed by atoms with E-state index >= 15 is 0 Å². The maximum Gasteiger partial charge on any atom is 0.335 e. The zero-order valence-corrected chi connectivity index (χ0v) is 10.3. The van der Waals surface area contributed by atoms with E-state index in [2.05, 4.69) is 10.2 Å². The monoisotopic (exact) mass is 258 g/mol. The van der Waals surface area contributed by atoms with E-state index < -0.39 is 5.97 Å².